The third kappa shape index (κ3) is 3.54. The van der Waals surface area contributed by atoms with Gasteiger partial charge < -0.3 is 20.1 Å². The first kappa shape index (κ1) is 19.4. The molecule has 1 fully saturated rings. The van der Waals surface area contributed by atoms with Crippen LogP contribution in [0.2, 0.25) is 0 Å². The van der Waals surface area contributed by atoms with E-state index in [0.29, 0.717) is 18.0 Å². The minimum Gasteiger partial charge on any atom is -0.490 e. The third-order valence-electron chi connectivity index (χ3n) is 6.76. The molecular formula is C24H29N3O3. The molecule has 1 aromatic carbocycles. The maximum atomic E-state index is 11.9. The maximum Gasteiger partial charge on any atom is 0.253 e. The number of aryl methyl sites for hydroxylation is 2. The second kappa shape index (κ2) is 7.91. The molecule has 0 bridgehead atoms. The summed E-state index contributed by atoms with van der Waals surface area (Å²) in [5.74, 6) is 2.44. The van der Waals surface area contributed by atoms with E-state index < -0.39 is 0 Å². The number of piperidine rings is 1. The lowest BCUT2D eigenvalue weighted by Gasteiger charge is -2.34. The van der Waals surface area contributed by atoms with Crippen molar-refractivity contribution < 1.29 is 14.6 Å². The molecule has 6 heteroatoms. The van der Waals surface area contributed by atoms with Gasteiger partial charge in [0.2, 0.25) is 0 Å². The van der Waals surface area contributed by atoms with Gasteiger partial charge in [-0.2, -0.15) is 0 Å². The molecule has 0 spiro atoms. The number of nitrogens with one attached hydrogen (secondary N) is 1. The third-order valence-corrected chi connectivity index (χ3v) is 6.76. The lowest BCUT2D eigenvalue weighted by atomic mass is 9.98. The van der Waals surface area contributed by atoms with Gasteiger partial charge in [0.25, 0.3) is 5.91 Å². The lowest BCUT2D eigenvalue weighted by molar-refractivity contribution is 0.0965. The first-order valence-corrected chi connectivity index (χ1v) is 11.1. The molecule has 1 atom stereocenters. The summed E-state index contributed by atoms with van der Waals surface area (Å²) in [6.07, 6.45) is 5.19. The summed E-state index contributed by atoms with van der Waals surface area (Å²) in [5.41, 5.74) is 5.40. The van der Waals surface area contributed by atoms with Crippen LogP contribution < -0.4 is 15.0 Å². The highest BCUT2D eigenvalue weighted by atomic mass is 16.5. The van der Waals surface area contributed by atoms with Crippen LogP contribution in [0, 0.1) is 6.92 Å². The van der Waals surface area contributed by atoms with E-state index in [0.717, 1.165) is 68.0 Å². The van der Waals surface area contributed by atoms with E-state index in [2.05, 4.69) is 28.4 Å². The number of fused-ring (bicyclic) bond motifs is 2. The van der Waals surface area contributed by atoms with Crippen molar-refractivity contribution in [3.8, 4) is 5.75 Å². The van der Waals surface area contributed by atoms with Crippen molar-refractivity contribution in [2.24, 2.45) is 0 Å². The SMILES string of the molecule is Cc1cc2c(nc1N1CCC(Oc3ccc4c(c3)CCC4CCO)CC1)CNC2=O. The molecular weight excluding hydrogens is 378 g/mol. The van der Waals surface area contributed by atoms with Crippen LogP contribution in [0.1, 0.15) is 64.3 Å². The Morgan fingerprint density at radius 2 is 2.07 bits per heavy atom. The van der Waals surface area contributed by atoms with Gasteiger partial charge in [0.05, 0.1) is 17.8 Å². The first-order valence-electron chi connectivity index (χ1n) is 11.1. The molecule has 2 N–H and O–H groups in total. The number of pyridine rings is 1. The zero-order valence-electron chi connectivity index (χ0n) is 17.5. The van der Waals surface area contributed by atoms with Crippen LogP contribution in [0.3, 0.4) is 0 Å². The van der Waals surface area contributed by atoms with Crippen LogP contribution in [-0.4, -0.2) is 41.8 Å². The largest absolute Gasteiger partial charge is 0.490 e. The highest BCUT2D eigenvalue weighted by Crippen LogP contribution is 2.37. The van der Waals surface area contributed by atoms with E-state index in [-0.39, 0.29) is 18.6 Å². The summed E-state index contributed by atoms with van der Waals surface area (Å²) >= 11 is 0. The van der Waals surface area contributed by atoms with Crippen LogP contribution >= 0.6 is 0 Å². The monoisotopic (exact) mass is 407 g/mol. The standard InChI is InChI=1S/C24H29N3O3/c1-15-12-21-22(14-25-24(21)29)26-23(15)27-9-6-18(7-10-27)30-19-4-5-20-16(8-11-28)2-3-17(20)13-19/h4-5,12-13,16,18,28H,2-3,6-11,14H2,1H3,(H,25,29). The van der Waals surface area contributed by atoms with Crippen LogP contribution in [0.15, 0.2) is 24.3 Å². The fourth-order valence-electron chi connectivity index (χ4n) is 5.14. The molecule has 30 heavy (non-hydrogen) atoms. The summed E-state index contributed by atoms with van der Waals surface area (Å²) < 4.78 is 6.33. The number of carbonyl (C=O) groups excluding carboxylic acids is 1. The fourth-order valence-corrected chi connectivity index (χ4v) is 5.14. The number of hydrogen-bond donors (Lipinski definition) is 2. The number of hydrogen-bond acceptors (Lipinski definition) is 5. The molecule has 1 amide bonds. The number of aromatic nitrogens is 1. The van der Waals surface area contributed by atoms with Crippen molar-refractivity contribution in [3.05, 3.63) is 52.2 Å². The second-order valence-electron chi connectivity index (χ2n) is 8.72. The van der Waals surface area contributed by atoms with Gasteiger partial charge in [-0.3, -0.25) is 4.79 Å². The first-order chi connectivity index (χ1) is 14.6. The number of anilines is 1. The van der Waals surface area contributed by atoms with E-state index in [1.54, 1.807) is 0 Å². The van der Waals surface area contributed by atoms with E-state index in [1.165, 1.54) is 11.1 Å². The number of carbonyl (C=O) groups is 1. The number of aliphatic hydroxyl groups excluding tert-OH is 1. The van der Waals surface area contributed by atoms with Gasteiger partial charge >= 0.3 is 0 Å². The van der Waals surface area contributed by atoms with Gasteiger partial charge in [-0.25, -0.2) is 4.98 Å². The van der Waals surface area contributed by atoms with E-state index in [4.69, 9.17) is 9.72 Å². The van der Waals surface area contributed by atoms with Crippen molar-refractivity contribution >= 4 is 11.7 Å². The molecule has 1 aromatic heterocycles. The number of rotatable bonds is 5. The Labute approximate surface area is 177 Å². The van der Waals surface area contributed by atoms with E-state index in [9.17, 15) is 9.90 Å². The summed E-state index contributed by atoms with van der Waals surface area (Å²) in [4.78, 5) is 19.0. The van der Waals surface area contributed by atoms with Crippen LogP contribution in [0.25, 0.3) is 0 Å². The Morgan fingerprint density at radius 3 is 2.87 bits per heavy atom. The minimum absolute atomic E-state index is 0.0173. The summed E-state index contributed by atoms with van der Waals surface area (Å²) in [6.45, 7) is 4.63. The zero-order valence-corrected chi connectivity index (χ0v) is 17.5. The number of benzene rings is 1. The van der Waals surface area contributed by atoms with E-state index >= 15 is 0 Å². The molecule has 1 saturated heterocycles. The Bertz CT molecular complexity index is 966. The van der Waals surface area contributed by atoms with Gasteiger partial charge in [-0.1, -0.05) is 6.07 Å². The average Bonchev–Trinajstić information content (AvgIpc) is 3.32. The maximum absolute atomic E-state index is 11.9. The van der Waals surface area contributed by atoms with Crippen LogP contribution in [-0.2, 0) is 13.0 Å². The van der Waals surface area contributed by atoms with Gasteiger partial charge in [0, 0.05) is 32.5 Å². The Balaban J connectivity index is 1.22. The number of amides is 1. The van der Waals surface area contributed by atoms with Crippen LogP contribution in [0.4, 0.5) is 5.82 Å². The molecule has 3 aliphatic rings. The van der Waals surface area contributed by atoms with Crippen molar-refractivity contribution in [3.63, 3.8) is 0 Å². The summed E-state index contributed by atoms with van der Waals surface area (Å²) in [7, 11) is 0. The van der Waals surface area contributed by atoms with Crippen molar-refractivity contribution in [1.82, 2.24) is 10.3 Å². The molecule has 5 rings (SSSR count). The summed E-state index contributed by atoms with van der Waals surface area (Å²) in [5, 5.41) is 12.1. The van der Waals surface area contributed by atoms with Crippen molar-refractivity contribution in [2.45, 2.75) is 57.6 Å². The highest BCUT2D eigenvalue weighted by molar-refractivity contribution is 5.98. The smallest absolute Gasteiger partial charge is 0.253 e. The molecule has 0 radical (unpaired) electrons. The molecule has 1 unspecified atom stereocenters. The van der Waals surface area contributed by atoms with E-state index in [1.807, 2.05) is 13.0 Å². The van der Waals surface area contributed by atoms with Crippen molar-refractivity contribution in [1.29, 1.82) is 0 Å². The Kier molecular flexibility index (Phi) is 5.11. The predicted octanol–water partition coefficient (Wildman–Crippen LogP) is 3.09. The predicted molar refractivity (Wildman–Crippen MR) is 115 cm³/mol. The Hall–Kier alpha value is -2.60. The lowest BCUT2D eigenvalue weighted by Crippen LogP contribution is -2.39. The average molecular weight is 408 g/mol. The normalized spacial score (nSPS) is 20.8. The molecule has 0 saturated carbocycles. The molecule has 3 heterocycles. The zero-order chi connectivity index (χ0) is 20.7. The molecule has 1 aliphatic carbocycles. The molecule has 158 valence electrons. The molecule has 2 aromatic rings. The number of ether oxygens (including phenoxy) is 1. The molecule has 6 nitrogen and oxygen atoms in total. The topological polar surface area (TPSA) is 74.7 Å². The second-order valence-corrected chi connectivity index (χ2v) is 8.72. The highest BCUT2D eigenvalue weighted by Gasteiger charge is 2.27. The number of nitrogens with zero attached hydrogens (tertiary/aromatic N) is 2. The van der Waals surface area contributed by atoms with Gasteiger partial charge in [-0.15, -0.1) is 0 Å². The van der Waals surface area contributed by atoms with Crippen LogP contribution in [0.5, 0.6) is 5.75 Å². The fraction of sp³-hybridized carbons (Fsp3) is 0.500. The number of aliphatic hydroxyl groups is 1. The molecule has 2 aliphatic heterocycles. The van der Waals surface area contributed by atoms with Crippen molar-refractivity contribution in [2.75, 3.05) is 24.6 Å². The Morgan fingerprint density at radius 1 is 1.23 bits per heavy atom. The van der Waals surface area contributed by atoms with Gasteiger partial charge in [0.15, 0.2) is 0 Å². The quantitative estimate of drug-likeness (QED) is 0.797. The minimum atomic E-state index is -0.0173. The van der Waals surface area contributed by atoms with Gasteiger partial charge in [0.1, 0.15) is 17.7 Å². The summed E-state index contributed by atoms with van der Waals surface area (Å²) in [6, 6.07) is 8.46. The van der Waals surface area contributed by atoms with Gasteiger partial charge in [-0.05, 0) is 67.0 Å².